The fourth-order valence-corrected chi connectivity index (χ4v) is 2.31. The maximum Gasteiger partial charge on any atom is 0.334 e. The van der Waals surface area contributed by atoms with E-state index in [9.17, 15) is 9.59 Å². The van der Waals surface area contributed by atoms with Gasteiger partial charge in [-0.05, 0) is 18.8 Å². The van der Waals surface area contributed by atoms with E-state index in [2.05, 4.69) is 17.6 Å². The summed E-state index contributed by atoms with van der Waals surface area (Å²) in [5, 5.41) is 22.7. The lowest BCUT2D eigenvalue weighted by atomic mass is 9.84. The second-order valence-corrected chi connectivity index (χ2v) is 4.85. The quantitative estimate of drug-likeness (QED) is 0.583. The van der Waals surface area contributed by atoms with Gasteiger partial charge in [-0.2, -0.15) is 0 Å². The minimum atomic E-state index is -1.55. The standard InChI is InChI=1S/C12H22N2O4/c1-2-8-4-3-5-9(6-8)14-12(18)13-7-10(15)11(16)17/h8-10,15H,2-7H2,1H3,(H,16,17)(H2,13,14,18)/t8?,9?,10-/m0/s1. The molecular formula is C12H22N2O4. The van der Waals surface area contributed by atoms with Crippen LogP contribution in [-0.4, -0.2) is 40.9 Å². The molecule has 0 spiro atoms. The summed E-state index contributed by atoms with van der Waals surface area (Å²) < 4.78 is 0. The van der Waals surface area contributed by atoms with Gasteiger partial charge in [0.1, 0.15) is 0 Å². The smallest absolute Gasteiger partial charge is 0.334 e. The average Bonchev–Trinajstić information content (AvgIpc) is 2.36. The number of carboxylic acid groups (broad SMARTS) is 1. The summed E-state index contributed by atoms with van der Waals surface area (Å²) in [6.07, 6.45) is 3.84. The van der Waals surface area contributed by atoms with Gasteiger partial charge in [0.2, 0.25) is 0 Å². The summed E-state index contributed by atoms with van der Waals surface area (Å²) in [7, 11) is 0. The molecule has 0 bridgehead atoms. The first kappa shape index (κ1) is 14.8. The third kappa shape index (κ3) is 4.91. The van der Waals surface area contributed by atoms with E-state index >= 15 is 0 Å². The van der Waals surface area contributed by atoms with E-state index in [-0.39, 0.29) is 12.6 Å². The predicted octanol–water partition coefficient (Wildman–Crippen LogP) is 0.700. The number of hydrogen-bond donors (Lipinski definition) is 4. The van der Waals surface area contributed by atoms with Gasteiger partial charge in [-0.25, -0.2) is 9.59 Å². The maximum atomic E-state index is 11.5. The highest BCUT2D eigenvalue weighted by atomic mass is 16.4. The molecule has 6 heteroatoms. The lowest BCUT2D eigenvalue weighted by Crippen LogP contribution is -2.47. The van der Waals surface area contributed by atoms with E-state index in [1.807, 2.05) is 0 Å². The fraction of sp³-hybridized carbons (Fsp3) is 0.833. The zero-order valence-corrected chi connectivity index (χ0v) is 10.7. The van der Waals surface area contributed by atoms with E-state index < -0.39 is 18.1 Å². The molecule has 0 heterocycles. The molecule has 0 saturated heterocycles. The molecule has 2 amide bonds. The number of urea groups is 1. The van der Waals surface area contributed by atoms with Gasteiger partial charge < -0.3 is 20.8 Å². The second-order valence-electron chi connectivity index (χ2n) is 4.85. The average molecular weight is 258 g/mol. The lowest BCUT2D eigenvalue weighted by Gasteiger charge is -2.29. The highest BCUT2D eigenvalue weighted by Gasteiger charge is 2.22. The van der Waals surface area contributed by atoms with Crippen LogP contribution in [0, 0.1) is 5.92 Å². The maximum absolute atomic E-state index is 11.5. The SMILES string of the molecule is CCC1CCCC(NC(=O)NC[C@H](O)C(=O)O)C1. The molecule has 0 aliphatic heterocycles. The topological polar surface area (TPSA) is 98.7 Å². The van der Waals surface area contributed by atoms with Gasteiger partial charge in [0, 0.05) is 6.04 Å². The molecule has 2 unspecified atom stereocenters. The molecule has 104 valence electrons. The van der Waals surface area contributed by atoms with Crippen molar-refractivity contribution in [3.05, 3.63) is 0 Å². The van der Waals surface area contributed by atoms with E-state index in [4.69, 9.17) is 10.2 Å². The van der Waals surface area contributed by atoms with Crippen LogP contribution in [0.4, 0.5) is 4.79 Å². The van der Waals surface area contributed by atoms with Crippen LogP contribution < -0.4 is 10.6 Å². The minimum absolute atomic E-state index is 0.158. The highest BCUT2D eigenvalue weighted by molar-refractivity contribution is 5.76. The normalized spacial score (nSPS) is 25.2. The van der Waals surface area contributed by atoms with E-state index in [1.165, 1.54) is 6.42 Å². The van der Waals surface area contributed by atoms with Crippen molar-refractivity contribution in [3.8, 4) is 0 Å². The van der Waals surface area contributed by atoms with Gasteiger partial charge in [0.25, 0.3) is 0 Å². The van der Waals surface area contributed by atoms with E-state index in [0.717, 1.165) is 25.7 Å². The van der Waals surface area contributed by atoms with Crippen molar-refractivity contribution in [1.82, 2.24) is 10.6 Å². The van der Waals surface area contributed by atoms with Gasteiger partial charge >= 0.3 is 12.0 Å². The number of carbonyl (C=O) groups excluding carboxylic acids is 1. The molecule has 1 saturated carbocycles. The third-order valence-corrected chi connectivity index (χ3v) is 3.44. The summed E-state index contributed by atoms with van der Waals surface area (Å²) in [6.45, 7) is 1.88. The first-order valence-corrected chi connectivity index (χ1v) is 6.48. The van der Waals surface area contributed by atoms with Crippen LogP contribution in [0.3, 0.4) is 0 Å². The van der Waals surface area contributed by atoms with Crippen molar-refractivity contribution in [2.24, 2.45) is 5.92 Å². The van der Waals surface area contributed by atoms with Crippen molar-refractivity contribution in [1.29, 1.82) is 0 Å². The van der Waals surface area contributed by atoms with Crippen LogP contribution in [0.15, 0.2) is 0 Å². The van der Waals surface area contributed by atoms with Crippen molar-refractivity contribution >= 4 is 12.0 Å². The Kier molecular flexibility index (Phi) is 5.91. The molecule has 1 fully saturated rings. The van der Waals surface area contributed by atoms with Crippen LogP contribution >= 0.6 is 0 Å². The monoisotopic (exact) mass is 258 g/mol. The Labute approximate surface area is 107 Å². The molecule has 0 radical (unpaired) electrons. The fourth-order valence-electron chi connectivity index (χ4n) is 2.31. The number of aliphatic carboxylic acids is 1. The zero-order valence-electron chi connectivity index (χ0n) is 10.7. The molecular weight excluding hydrogens is 236 g/mol. The number of carbonyl (C=O) groups is 2. The van der Waals surface area contributed by atoms with Crippen LogP contribution in [0.25, 0.3) is 0 Å². The Hall–Kier alpha value is -1.30. The zero-order chi connectivity index (χ0) is 13.5. The summed E-state index contributed by atoms with van der Waals surface area (Å²) in [6, 6.07) is -0.247. The Morgan fingerprint density at radius 2 is 2.11 bits per heavy atom. The Balaban J connectivity index is 2.25. The lowest BCUT2D eigenvalue weighted by molar-refractivity contribution is -0.146. The van der Waals surface area contributed by atoms with Gasteiger partial charge in [0.05, 0.1) is 6.54 Å². The van der Waals surface area contributed by atoms with Crippen LogP contribution in [0.1, 0.15) is 39.0 Å². The van der Waals surface area contributed by atoms with E-state index in [1.54, 1.807) is 0 Å². The van der Waals surface area contributed by atoms with Crippen molar-refractivity contribution < 1.29 is 19.8 Å². The number of aliphatic hydroxyl groups excluding tert-OH is 1. The number of rotatable bonds is 5. The summed E-state index contributed by atoms with van der Waals surface area (Å²) in [5.41, 5.74) is 0. The van der Waals surface area contributed by atoms with Crippen LogP contribution in [-0.2, 0) is 4.79 Å². The number of amides is 2. The first-order chi connectivity index (χ1) is 8.52. The molecule has 1 aliphatic rings. The largest absolute Gasteiger partial charge is 0.479 e. The molecule has 18 heavy (non-hydrogen) atoms. The molecule has 0 aromatic carbocycles. The van der Waals surface area contributed by atoms with Gasteiger partial charge in [-0.1, -0.05) is 26.2 Å². The number of hydrogen-bond acceptors (Lipinski definition) is 3. The molecule has 1 rings (SSSR count). The predicted molar refractivity (Wildman–Crippen MR) is 66.2 cm³/mol. The van der Waals surface area contributed by atoms with Crippen molar-refractivity contribution in [2.75, 3.05) is 6.54 Å². The van der Waals surface area contributed by atoms with E-state index in [0.29, 0.717) is 5.92 Å². The summed E-state index contributed by atoms with van der Waals surface area (Å²) in [4.78, 5) is 21.9. The third-order valence-electron chi connectivity index (χ3n) is 3.44. The Bertz CT molecular complexity index is 296. The number of carboxylic acids is 1. The van der Waals surface area contributed by atoms with Crippen LogP contribution in [0.5, 0.6) is 0 Å². The number of nitrogens with one attached hydrogen (secondary N) is 2. The molecule has 6 nitrogen and oxygen atoms in total. The summed E-state index contributed by atoms with van der Waals surface area (Å²) >= 11 is 0. The van der Waals surface area contributed by atoms with Crippen molar-refractivity contribution in [3.63, 3.8) is 0 Å². The molecule has 0 aromatic heterocycles. The second kappa shape index (κ2) is 7.20. The first-order valence-electron chi connectivity index (χ1n) is 6.48. The van der Waals surface area contributed by atoms with Gasteiger partial charge in [-0.3, -0.25) is 0 Å². The van der Waals surface area contributed by atoms with Crippen LogP contribution in [0.2, 0.25) is 0 Å². The molecule has 4 N–H and O–H groups in total. The van der Waals surface area contributed by atoms with Gasteiger partial charge in [0.15, 0.2) is 6.10 Å². The Morgan fingerprint density at radius 1 is 1.39 bits per heavy atom. The highest BCUT2D eigenvalue weighted by Crippen LogP contribution is 2.26. The molecule has 3 atom stereocenters. The molecule has 1 aliphatic carbocycles. The minimum Gasteiger partial charge on any atom is -0.479 e. The Morgan fingerprint density at radius 3 is 2.72 bits per heavy atom. The molecule has 0 aromatic rings. The number of aliphatic hydroxyl groups is 1. The van der Waals surface area contributed by atoms with Gasteiger partial charge in [-0.15, -0.1) is 0 Å². The summed E-state index contributed by atoms with van der Waals surface area (Å²) in [5.74, 6) is -0.673. The van der Waals surface area contributed by atoms with Crippen molar-refractivity contribution in [2.45, 2.75) is 51.2 Å².